The number of carbonyl (C=O) groups is 1. The highest BCUT2D eigenvalue weighted by molar-refractivity contribution is 6.03. The van der Waals surface area contributed by atoms with Gasteiger partial charge in [-0.3, -0.25) is 4.98 Å². The zero-order valence-electron chi connectivity index (χ0n) is 13.1. The number of halogens is 2. The van der Waals surface area contributed by atoms with Crippen molar-refractivity contribution in [2.75, 3.05) is 0 Å². The van der Waals surface area contributed by atoms with Crippen LogP contribution in [-0.2, 0) is 5.92 Å². The van der Waals surface area contributed by atoms with Crippen LogP contribution in [-0.4, -0.2) is 16.1 Å². The summed E-state index contributed by atoms with van der Waals surface area (Å²) in [5.74, 6) is -3.59. The molecule has 0 radical (unpaired) electrons. The number of fused-ring (bicyclic) bond motifs is 2. The van der Waals surface area contributed by atoms with E-state index in [1.165, 1.54) is 12.3 Å². The summed E-state index contributed by atoms with van der Waals surface area (Å²) in [5, 5.41) is 9.69. The number of furan rings is 1. The van der Waals surface area contributed by atoms with Gasteiger partial charge in [0.15, 0.2) is 0 Å². The molecule has 0 spiro atoms. The van der Waals surface area contributed by atoms with E-state index in [1.54, 1.807) is 31.2 Å². The van der Waals surface area contributed by atoms with E-state index in [2.05, 4.69) is 4.98 Å². The lowest BCUT2D eigenvalue weighted by Gasteiger charge is -2.14. The van der Waals surface area contributed by atoms with Crippen molar-refractivity contribution in [2.24, 2.45) is 0 Å². The molecule has 2 aromatic heterocycles. The topological polar surface area (TPSA) is 72.6 Å². The summed E-state index contributed by atoms with van der Waals surface area (Å²) in [4.78, 5) is 15.2. The highest BCUT2D eigenvalue weighted by Gasteiger charge is 2.47. The quantitative estimate of drug-likeness (QED) is 0.759. The second kappa shape index (κ2) is 5.27. The minimum atomic E-state index is -3.05. The molecule has 0 saturated heterocycles. The molecule has 0 amide bonds. The molecule has 1 atom stereocenters. The van der Waals surface area contributed by atoms with E-state index in [1.807, 2.05) is 0 Å². The number of carboxylic acids is 1. The van der Waals surface area contributed by atoms with Gasteiger partial charge in [-0.25, -0.2) is 4.79 Å². The fraction of sp³-hybridized carbons (Fsp3) is 0.222. The Balaban J connectivity index is 1.73. The summed E-state index contributed by atoms with van der Waals surface area (Å²) < 4.78 is 39.3. The van der Waals surface area contributed by atoms with E-state index in [0.717, 1.165) is 0 Å². The predicted molar refractivity (Wildman–Crippen MR) is 84.0 cm³/mol. The second-order valence-electron chi connectivity index (χ2n) is 5.95. The Hall–Kier alpha value is -2.96. The lowest BCUT2D eigenvalue weighted by molar-refractivity contribution is -0.0282. The third kappa shape index (κ3) is 2.43. The molecule has 2 heterocycles. The van der Waals surface area contributed by atoms with E-state index in [9.17, 15) is 18.7 Å². The fourth-order valence-corrected chi connectivity index (χ4v) is 3.23. The maximum absolute atomic E-state index is 14.1. The van der Waals surface area contributed by atoms with Gasteiger partial charge in [0.1, 0.15) is 34.5 Å². The first-order chi connectivity index (χ1) is 11.9. The van der Waals surface area contributed by atoms with Gasteiger partial charge in [0.25, 0.3) is 5.92 Å². The normalized spacial score (nSPS) is 18.3. The maximum Gasteiger partial charge on any atom is 0.339 e. The summed E-state index contributed by atoms with van der Waals surface area (Å²) >= 11 is 0. The molecule has 3 aromatic rings. The summed E-state index contributed by atoms with van der Waals surface area (Å²) in [5.41, 5.74) is 0.515. The lowest BCUT2D eigenvalue weighted by atomic mass is 10.1. The Labute approximate surface area is 140 Å². The minimum absolute atomic E-state index is 0.0410. The maximum atomic E-state index is 14.1. The Morgan fingerprint density at radius 3 is 2.96 bits per heavy atom. The van der Waals surface area contributed by atoms with Gasteiger partial charge < -0.3 is 14.3 Å². The van der Waals surface area contributed by atoms with Crippen molar-refractivity contribution in [3.05, 3.63) is 59.1 Å². The van der Waals surface area contributed by atoms with Gasteiger partial charge in [-0.1, -0.05) is 6.07 Å². The number of aryl methyl sites for hydroxylation is 1. The van der Waals surface area contributed by atoms with E-state index in [-0.39, 0.29) is 17.0 Å². The van der Waals surface area contributed by atoms with E-state index >= 15 is 0 Å². The molecule has 25 heavy (non-hydrogen) atoms. The number of carboxylic acid groups (broad SMARTS) is 1. The minimum Gasteiger partial charge on any atom is -0.485 e. The lowest BCUT2D eigenvalue weighted by Crippen LogP contribution is -2.11. The van der Waals surface area contributed by atoms with Gasteiger partial charge in [0.05, 0.1) is 6.42 Å². The first-order valence-corrected chi connectivity index (χ1v) is 7.63. The first kappa shape index (κ1) is 15.6. The van der Waals surface area contributed by atoms with Crippen LogP contribution < -0.4 is 4.74 Å². The Bertz CT molecular complexity index is 996. The molecule has 1 N–H and O–H groups in total. The third-order valence-electron chi connectivity index (χ3n) is 4.30. The van der Waals surface area contributed by atoms with Crippen molar-refractivity contribution >= 4 is 16.9 Å². The average molecular weight is 345 g/mol. The van der Waals surface area contributed by atoms with Crippen LogP contribution in [0.3, 0.4) is 0 Å². The molecule has 7 heteroatoms. The summed E-state index contributed by atoms with van der Waals surface area (Å²) in [7, 11) is 0. The van der Waals surface area contributed by atoms with E-state index in [0.29, 0.717) is 22.3 Å². The molecule has 0 aliphatic heterocycles. The number of aromatic carboxylic acids is 1. The zero-order valence-corrected chi connectivity index (χ0v) is 13.1. The highest BCUT2D eigenvalue weighted by atomic mass is 19.3. The number of nitrogens with zero attached hydrogens (tertiary/aromatic N) is 1. The Morgan fingerprint density at radius 1 is 1.40 bits per heavy atom. The molecule has 1 aliphatic carbocycles. The third-order valence-corrected chi connectivity index (χ3v) is 4.30. The zero-order chi connectivity index (χ0) is 17.8. The van der Waals surface area contributed by atoms with Crippen LogP contribution in [0.5, 0.6) is 5.75 Å². The number of hydrogen-bond donors (Lipinski definition) is 1. The summed E-state index contributed by atoms with van der Waals surface area (Å²) in [6.07, 6.45) is -0.0280. The second-order valence-corrected chi connectivity index (χ2v) is 5.95. The molecule has 1 unspecified atom stereocenters. The van der Waals surface area contributed by atoms with E-state index in [4.69, 9.17) is 9.15 Å². The number of benzene rings is 1. The van der Waals surface area contributed by atoms with Crippen LogP contribution in [0.1, 0.15) is 39.9 Å². The average Bonchev–Trinajstić information content (AvgIpc) is 3.01. The largest absolute Gasteiger partial charge is 0.485 e. The van der Waals surface area contributed by atoms with Gasteiger partial charge in [0.2, 0.25) is 0 Å². The standard InChI is InChI=1S/C18H13F2NO4/c1-9-15(17(22)23)12-7-10(4-5-13(12)24-9)25-14-8-18(19,20)16-11(14)3-2-6-21-16/h2-7,14H,8H2,1H3,(H,22,23). The van der Waals surface area contributed by atoms with Crippen molar-refractivity contribution in [2.45, 2.75) is 25.4 Å². The number of aromatic nitrogens is 1. The molecular formula is C18H13F2NO4. The Kier molecular flexibility index (Phi) is 3.28. The molecule has 4 rings (SSSR count). The van der Waals surface area contributed by atoms with Crippen LogP contribution in [0.25, 0.3) is 11.0 Å². The molecular weight excluding hydrogens is 332 g/mol. The van der Waals surface area contributed by atoms with Crippen molar-refractivity contribution in [1.29, 1.82) is 0 Å². The number of alkyl halides is 2. The number of ether oxygens (including phenoxy) is 1. The van der Waals surface area contributed by atoms with Gasteiger partial charge in [-0.2, -0.15) is 8.78 Å². The van der Waals surface area contributed by atoms with Crippen molar-refractivity contribution < 1.29 is 27.8 Å². The van der Waals surface area contributed by atoms with Gasteiger partial charge in [0, 0.05) is 17.1 Å². The first-order valence-electron chi connectivity index (χ1n) is 7.63. The van der Waals surface area contributed by atoms with Crippen LogP contribution >= 0.6 is 0 Å². The molecule has 0 saturated carbocycles. The molecule has 0 fully saturated rings. The van der Waals surface area contributed by atoms with Crippen LogP contribution in [0.4, 0.5) is 8.78 Å². The smallest absolute Gasteiger partial charge is 0.339 e. The summed E-state index contributed by atoms with van der Waals surface area (Å²) in [6.45, 7) is 1.56. The number of rotatable bonds is 3. The van der Waals surface area contributed by atoms with Gasteiger partial charge >= 0.3 is 5.97 Å². The molecule has 1 aliphatic rings. The molecule has 0 bridgehead atoms. The molecule has 128 valence electrons. The predicted octanol–water partition coefficient (Wildman–Crippen LogP) is 4.45. The van der Waals surface area contributed by atoms with Crippen LogP contribution in [0, 0.1) is 6.92 Å². The van der Waals surface area contributed by atoms with Crippen molar-refractivity contribution in [3.8, 4) is 5.75 Å². The SMILES string of the molecule is Cc1oc2ccc(OC3CC(F)(F)c4ncccc43)cc2c1C(=O)O. The molecule has 1 aromatic carbocycles. The number of pyridine rings is 1. The van der Waals surface area contributed by atoms with Crippen LogP contribution in [0.2, 0.25) is 0 Å². The van der Waals surface area contributed by atoms with Crippen molar-refractivity contribution in [3.63, 3.8) is 0 Å². The van der Waals surface area contributed by atoms with Crippen molar-refractivity contribution in [1.82, 2.24) is 4.98 Å². The number of hydrogen-bond acceptors (Lipinski definition) is 4. The van der Waals surface area contributed by atoms with Gasteiger partial charge in [-0.05, 0) is 31.2 Å². The fourth-order valence-electron chi connectivity index (χ4n) is 3.23. The Morgan fingerprint density at radius 2 is 2.20 bits per heavy atom. The highest BCUT2D eigenvalue weighted by Crippen LogP contribution is 2.47. The van der Waals surface area contributed by atoms with Crippen LogP contribution in [0.15, 0.2) is 40.9 Å². The van der Waals surface area contributed by atoms with Gasteiger partial charge in [-0.15, -0.1) is 0 Å². The van der Waals surface area contributed by atoms with E-state index < -0.39 is 24.4 Å². The summed E-state index contributed by atoms with van der Waals surface area (Å²) in [6, 6.07) is 7.80. The monoisotopic (exact) mass is 345 g/mol. The molecule has 5 nitrogen and oxygen atoms in total.